The van der Waals surface area contributed by atoms with Gasteiger partial charge in [0.25, 0.3) is 11.7 Å². The van der Waals surface area contributed by atoms with Crippen LogP contribution in [-0.4, -0.2) is 22.9 Å². The Bertz CT molecular complexity index is 1150. The van der Waals surface area contributed by atoms with Crippen molar-refractivity contribution in [1.29, 1.82) is 0 Å². The number of aryl methyl sites for hydroxylation is 1. The normalized spacial score (nSPS) is 18.1. The molecule has 1 saturated heterocycles. The topological polar surface area (TPSA) is 66.8 Å². The molecule has 3 aromatic rings. The third-order valence-corrected chi connectivity index (χ3v) is 5.97. The highest BCUT2D eigenvalue weighted by Gasteiger charge is 2.47. The first-order valence-corrected chi connectivity index (χ1v) is 10.9. The van der Waals surface area contributed by atoms with Crippen molar-refractivity contribution in [3.8, 4) is 5.75 Å². The third kappa shape index (κ3) is 3.99. The zero-order chi connectivity index (χ0) is 22.1. The maximum absolute atomic E-state index is 13.1. The van der Waals surface area contributed by atoms with Crippen molar-refractivity contribution in [2.24, 2.45) is 0 Å². The number of amides is 1. The van der Waals surface area contributed by atoms with E-state index in [0.29, 0.717) is 17.0 Å². The van der Waals surface area contributed by atoms with Crippen molar-refractivity contribution in [2.45, 2.75) is 32.9 Å². The second-order valence-electron chi connectivity index (χ2n) is 7.71. The summed E-state index contributed by atoms with van der Waals surface area (Å²) in [5.41, 5.74) is 2.17. The molecule has 2 aromatic carbocycles. The van der Waals surface area contributed by atoms with Crippen molar-refractivity contribution in [1.82, 2.24) is 0 Å². The molecule has 1 atom stereocenters. The van der Waals surface area contributed by atoms with Gasteiger partial charge >= 0.3 is 0 Å². The van der Waals surface area contributed by atoms with Crippen LogP contribution >= 0.6 is 11.3 Å². The highest BCUT2D eigenvalue weighted by molar-refractivity contribution is 7.10. The van der Waals surface area contributed by atoms with Crippen LogP contribution in [0.5, 0.6) is 5.75 Å². The van der Waals surface area contributed by atoms with Crippen LogP contribution < -0.4 is 9.64 Å². The number of hydrogen-bond donors (Lipinski definition) is 1. The molecule has 5 nitrogen and oxygen atoms in total. The molecule has 1 N–H and O–H groups in total. The van der Waals surface area contributed by atoms with Gasteiger partial charge in [-0.05, 0) is 56.5 Å². The Balaban J connectivity index is 1.86. The number of rotatable bonds is 5. The quantitative estimate of drug-likeness (QED) is 0.329. The summed E-state index contributed by atoms with van der Waals surface area (Å²) in [6.45, 7) is 5.79. The number of Topliss-reactive ketones (excluding diaryl/α,β-unsaturated/α-hetero) is 1. The Morgan fingerprint density at radius 1 is 1.06 bits per heavy atom. The van der Waals surface area contributed by atoms with E-state index in [9.17, 15) is 14.7 Å². The van der Waals surface area contributed by atoms with E-state index in [1.807, 2.05) is 62.5 Å². The van der Waals surface area contributed by atoms with Crippen LogP contribution in [0.25, 0.3) is 5.76 Å². The number of carbonyl (C=O) groups excluding carboxylic acids is 2. The molecule has 2 heterocycles. The number of aliphatic hydroxyl groups is 1. The van der Waals surface area contributed by atoms with Crippen LogP contribution in [0.2, 0.25) is 0 Å². The van der Waals surface area contributed by atoms with Gasteiger partial charge in [0, 0.05) is 16.1 Å². The van der Waals surface area contributed by atoms with Crippen LogP contribution in [0.3, 0.4) is 0 Å². The van der Waals surface area contributed by atoms with E-state index in [-0.39, 0.29) is 17.4 Å². The molecule has 0 radical (unpaired) electrons. The zero-order valence-electron chi connectivity index (χ0n) is 17.5. The predicted molar refractivity (Wildman–Crippen MR) is 122 cm³/mol. The third-order valence-electron chi connectivity index (χ3n) is 5.05. The van der Waals surface area contributed by atoms with Gasteiger partial charge in [0.05, 0.1) is 11.7 Å². The van der Waals surface area contributed by atoms with Gasteiger partial charge in [-0.3, -0.25) is 14.5 Å². The Morgan fingerprint density at radius 2 is 1.81 bits per heavy atom. The van der Waals surface area contributed by atoms with Crippen molar-refractivity contribution in [3.63, 3.8) is 0 Å². The summed E-state index contributed by atoms with van der Waals surface area (Å²) in [6.07, 6.45) is -0.0318. The maximum atomic E-state index is 13.1. The van der Waals surface area contributed by atoms with Crippen molar-refractivity contribution in [2.75, 3.05) is 4.90 Å². The van der Waals surface area contributed by atoms with Gasteiger partial charge in [-0.1, -0.05) is 35.9 Å². The van der Waals surface area contributed by atoms with Gasteiger partial charge < -0.3 is 9.84 Å². The summed E-state index contributed by atoms with van der Waals surface area (Å²) in [5.74, 6) is -0.981. The zero-order valence-corrected chi connectivity index (χ0v) is 18.3. The smallest absolute Gasteiger partial charge is 0.300 e. The molecule has 1 aliphatic rings. The molecule has 158 valence electrons. The molecule has 1 unspecified atom stereocenters. The Hall–Kier alpha value is -3.38. The summed E-state index contributed by atoms with van der Waals surface area (Å²) in [7, 11) is 0. The average molecular weight is 434 g/mol. The van der Waals surface area contributed by atoms with Gasteiger partial charge in [0.2, 0.25) is 0 Å². The fourth-order valence-corrected chi connectivity index (χ4v) is 4.49. The molecule has 0 spiro atoms. The molecule has 0 aliphatic carbocycles. The first-order chi connectivity index (χ1) is 14.9. The molecular formula is C25H23NO4S. The van der Waals surface area contributed by atoms with E-state index < -0.39 is 17.7 Å². The number of benzene rings is 2. The fraction of sp³-hybridized carbons (Fsp3) is 0.200. The lowest BCUT2D eigenvalue weighted by Crippen LogP contribution is -2.29. The number of anilines is 1. The van der Waals surface area contributed by atoms with Gasteiger partial charge in [-0.2, -0.15) is 0 Å². The molecule has 1 aromatic heterocycles. The van der Waals surface area contributed by atoms with Crippen molar-refractivity contribution >= 4 is 34.5 Å². The summed E-state index contributed by atoms with van der Waals surface area (Å²) < 4.78 is 5.72. The lowest BCUT2D eigenvalue weighted by molar-refractivity contribution is -0.132. The highest BCUT2D eigenvalue weighted by Crippen LogP contribution is 2.43. The molecular weight excluding hydrogens is 410 g/mol. The van der Waals surface area contributed by atoms with Crippen molar-refractivity contribution < 1.29 is 19.4 Å². The van der Waals surface area contributed by atoms with Crippen LogP contribution in [0.15, 0.2) is 71.6 Å². The Morgan fingerprint density at radius 3 is 2.45 bits per heavy atom. The average Bonchev–Trinajstić information content (AvgIpc) is 3.35. The summed E-state index contributed by atoms with van der Waals surface area (Å²) in [5, 5.41) is 13.1. The number of thiophene rings is 1. The van der Waals surface area contributed by atoms with Gasteiger partial charge in [-0.25, -0.2) is 0 Å². The van der Waals surface area contributed by atoms with E-state index in [0.717, 1.165) is 10.4 Å². The molecule has 1 amide bonds. The molecule has 31 heavy (non-hydrogen) atoms. The lowest BCUT2D eigenvalue weighted by atomic mass is 9.99. The minimum atomic E-state index is -0.702. The van der Waals surface area contributed by atoms with E-state index in [4.69, 9.17) is 4.74 Å². The predicted octanol–water partition coefficient (Wildman–Crippen LogP) is 5.47. The van der Waals surface area contributed by atoms with E-state index in [1.54, 1.807) is 24.3 Å². The largest absolute Gasteiger partial charge is 0.507 e. The minimum Gasteiger partial charge on any atom is -0.507 e. The minimum absolute atomic E-state index is 0.0318. The number of hydrogen-bond acceptors (Lipinski definition) is 5. The standard InChI is InChI=1S/C25H23NO4S/c1-15(2)30-19-7-4-6-17(14-19)23(27)21-22(20-8-5-13-31-20)26(25(29)24(21)28)18-11-9-16(3)10-12-18/h4-15,22,27H,1-3H3/b23-21-. The number of aliphatic hydroxyl groups excluding tert-OH is 1. The van der Waals surface area contributed by atoms with Gasteiger partial charge in [0.15, 0.2) is 0 Å². The van der Waals surface area contributed by atoms with Crippen LogP contribution in [0.4, 0.5) is 5.69 Å². The molecule has 1 fully saturated rings. The van der Waals surface area contributed by atoms with Gasteiger partial charge in [-0.15, -0.1) is 11.3 Å². The van der Waals surface area contributed by atoms with E-state index >= 15 is 0 Å². The van der Waals surface area contributed by atoms with E-state index in [1.165, 1.54) is 16.2 Å². The number of nitrogens with zero attached hydrogens (tertiary/aromatic N) is 1. The monoisotopic (exact) mass is 433 g/mol. The Kier molecular flexibility index (Phi) is 5.65. The molecule has 0 saturated carbocycles. The SMILES string of the molecule is Cc1ccc(N2C(=O)C(=O)/C(=C(\O)c3cccc(OC(C)C)c3)C2c2cccs2)cc1. The maximum Gasteiger partial charge on any atom is 0.300 e. The van der Waals surface area contributed by atoms with E-state index in [2.05, 4.69) is 0 Å². The van der Waals surface area contributed by atoms with Crippen LogP contribution in [0.1, 0.15) is 35.9 Å². The first kappa shape index (κ1) is 20.9. The number of carbonyl (C=O) groups is 2. The number of ether oxygens (including phenoxy) is 1. The second-order valence-corrected chi connectivity index (χ2v) is 8.69. The van der Waals surface area contributed by atoms with Crippen LogP contribution in [0, 0.1) is 6.92 Å². The highest BCUT2D eigenvalue weighted by atomic mass is 32.1. The molecule has 1 aliphatic heterocycles. The Labute approximate surface area is 185 Å². The summed E-state index contributed by atoms with van der Waals surface area (Å²) in [6, 6.07) is 17.4. The van der Waals surface area contributed by atoms with Crippen LogP contribution in [-0.2, 0) is 9.59 Å². The molecule has 6 heteroatoms. The summed E-state index contributed by atoms with van der Waals surface area (Å²) in [4.78, 5) is 28.4. The molecule has 4 rings (SSSR count). The second kappa shape index (κ2) is 8.40. The molecule has 0 bridgehead atoms. The lowest BCUT2D eigenvalue weighted by Gasteiger charge is -2.24. The van der Waals surface area contributed by atoms with Crippen molar-refractivity contribution in [3.05, 3.63) is 87.6 Å². The van der Waals surface area contributed by atoms with Gasteiger partial charge in [0.1, 0.15) is 17.6 Å². The summed E-state index contributed by atoms with van der Waals surface area (Å²) >= 11 is 1.44. The number of ketones is 1. The fourth-order valence-electron chi connectivity index (χ4n) is 3.66. The first-order valence-electron chi connectivity index (χ1n) is 10.0.